The van der Waals surface area contributed by atoms with E-state index in [-0.39, 0.29) is 11.1 Å². The van der Waals surface area contributed by atoms with E-state index in [0.29, 0.717) is 22.6 Å². The number of hydrogen-bond donors (Lipinski definition) is 0. The third kappa shape index (κ3) is 2.74. The maximum Gasteiger partial charge on any atom is 0.295 e. The van der Waals surface area contributed by atoms with Crippen LogP contribution in [-0.2, 0) is 5.04 Å². The zero-order valence-corrected chi connectivity index (χ0v) is 24.6. The summed E-state index contributed by atoms with van der Waals surface area (Å²) in [7, 11) is -2.25. The molecular weight excluding hydrogens is 440 g/mol. The van der Waals surface area contributed by atoms with E-state index >= 15 is 0 Å². The van der Waals surface area contributed by atoms with Gasteiger partial charge in [-0.15, -0.1) is 0 Å². The van der Waals surface area contributed by atoms with Gasteiger partial charge in [0, 0.05) is 27.4 Å². The van der Waals surface area contributed by atoms with E-state index in [1.165, 1.54) is 33.2 Å². The Morgan fingerprint density at radius 1 is 0.914 bits per heavy atom. The number of rotatable bonds is 4. The number of hydrogen-bond acceptors (Lipinski definition) is 0. The van der Waals surface area contributed by atoms with Crippen LogP contribution in [0.4, 0.5) is 0 Å². The van der Waals surface area contributed by atoms with Gasteiger partial charge in [0.1, 0.15) is 16.5 Å². The SMILES string of the molecule is [2H]C([2H])([2H])c1ccc2c3c1c1cccc(C(C)C)c1c1n(C(C)C)c(C)c([n+]31)[Si](C(C)C)(C(C)C)C2(C)C. The van der Waals surface area contributed by atoms with E-state index in [0.717, 1.165) is 16.3 Å². The molecule has 5 rings (SSSR count). The van der Waals surface area contributed by atoms with Gasteiger partial charge < -0.3 is 0 Å². The molecule has 0 amide bonds. The highest BCUT2D eigenvalue weighted by atomic mass is 28.3. The van der Waals surface area contributed by atoms with Crippen molar-refractivity contribution in [3.05, 3.63) is 52.7 Å². The van der Waals surface area contributed by atoms with E-state index in [1.54, 1.807) is 0 Å². The molecule has 3 heterocycles. The monoisotopic (exact) mass is 488 g/mol. The van der Waals surface area contributed by atoms with Crippen LogP contribution < -0.4 is 9.72 Å². The lowest BCUT2D eigenvalue weighted by Gasteiger charge is -2.51. The van der Waals surface area contributed by atoms with Crippen molar-refractivity contribution >= 4 is 40.7 Å². The first-order chi connectivity index (χ1) is 17.5. The largest absolute Gasteiger partial charge is 0.295 e. The highest BCUT2D eigenvalue weighted by Gasteiger charge is 2.62. The van der Waals surface area contributed by atoms with Crippen LogP contribution in [-0.4, -0.2) is 12.6 Å². The van der Waals surface area contributed by atoms with Crippen molar-refractivity contribution in [2.45, 2.75) is 111 Å². The molecule has 0 saturated carbocycles. The number of fused-ring (bicyclic) bond motifs is 3. The second-order valence-electron chi connectivity index (χ2n) is 12.7. The van der Waals surface area contributed by atoms with Crippen LogP contribution in [0.3, 0.4) is 0 Å². The molecule has 0 spiro atoms. The molecule has 4 aromatic rings. The van der Waals surface area contributed by atoms with Gasteiger partial charge >= 0.3 is 0 Å². The molecule has 0 N–H and O–H groups in total. The van der Waals surface area contributed by atoms with Crippen molar-refractivity contribution in [1.29, 1.82) is 0 Å². The van der Waals surface area contributed by atoms with E-state index < -0.39 is 14.9 Å². The first-order valence-corrected chi connectivity index (χ1v) is 15.7. The van der Waals surface area contributed by atoms with E-state index in [1.807, 2.05) is 6.07 Å². The minimum atomic E-state index is -2.25. The Labute approximate surface area is 217 Å². The van der Waals surface area contributed by atoms with Crippen molar-refractivity contribution in [1.82, 2.24) is 4.57 Å². The molecule has 0 radical (unpaired) electrons. The van der Waals surface area contributed by atoms with Gasteiger partial charge in [-0.2, -0.15) is 4.40 Å². The van der Waals surface area contributed by atoms with Crippen molar-refractivity contribution in [3.63, 3.8) is 0 Å². The standard InChI is InChI=1S/C32H45N2Si/c1-18(2)24-14-13-15-25-27-22(9)16-17-26-29(27)34-30(28(24)25)33(19(3)4)23(10)31(34)35(20(5)6,21(7)8)32(26,11)12/h13-21H,1-12H3/q+1/i9D3. The van der Waals surface area contributed by atoms with Gasteiger partial charge in [0.15, 0.2) is 8.07 Å². The summed E-state index contributed by atoms with van der Waals surface area (Å²) in [6.45, 7) is 23.9. The Kier molecular flexibility index (Phi) is 4.61. The lowest BCUT2D eigenvalue weighted by molar-refractivity contribution is -0.462. The fraction of sp³-hybridized carbons (Fsp3) is 0.531. The minimum Gasteiger partial charge on any atom is -0.225 e. The number of aryl methyl sites for hydroxylation is 1. The lowest BCUT2D eigenvalue weighted by Crippen LogP contribution is -2.74. The molecular formula is C32H45N2Si+. The first-order valence-electron chi connectivity index (χ1n) is 15.0. The van der Waals surface area contributed by atoms with Crippen LogP contribution in [0.15, 0.2) is 30.3 Å². The van der Waals surface area contributed by atoms with Gasteiger partial charge in [-0.1, -0.05) is 85.7 Å². The summed E-state index contributed by atoms with van der Waals surface area (Å²) in [5, 5.41) is 4.63. The van der Waals surface area contributed by atoms with Gasteiger partial charge in [-0.3, -0.25) is 0 Å². The van der Waals surface area contributed by atoms with Crippen LogP contribution in [0.25, 0.3) is 27.3 Å². The van der Waals surface area contributed by atoms with Gasteiger partial charge in [-0.25, -0.2) is 4.57 Å². The Balaban J connectivity index is 2.30. The molecule has 2 aromatic heterocycles. The van der Waals surface area contributed by atoms with Crippen molar-refractivity contribution in [2.24, 2.45) is 0 Å². The molecule has 0 unspecified atom stereocenters. The predicted octanol–water partition coefficient (Wildman–Crippen LogP) is 8.16. The quantitative estimate of drug-likeness (QED) is 0.156. The smallest absolute Gasteiger partial charge is 0.225 e. The molecule has 35 heavy (non-hydrogen) atoms. The molecule has 0 saturated heterocycles. The number of imidazole rings is 1. The van der Waals surface area contributed by atoms with E-state index in [4.69, 9.17) is 4.11 Å². The molecule has 0 fully saturated rings. The summed E-state index contributed by atoms with van der Waals surface area (Å²) in [6.07, 6.45) is 0. The normalized spacial score (nSPS) is 18.5. The molecule has 2 nitrogen and oxygen atoms in total. The summed E-state index contributed by atoms with van der Waals surface area (Å²) in [6, 6.07) is 10.9. The number of pyridine rings is 1. The Morgan fingerprint density at radius 2 is 1.57 bits per heavy atom. The summed E-state index contributed by atoms with van der Waals surface area (Å²) in [5.41, 5.74) is 7.82. The van der Waals surface area contributed by atoms with Gasteiger partial charge in [0.25, 0.3) is 5.65 Å². The molecule has 0 aliphatic carbocycles. The van der Waals surface area contributed by atoms with Crippen LogP contribution in [0.2, 0.25) is 11.1 Å². The second kappa shape index (κ2) is 7.68. The van der Waals surface area contributed by atoms with Crippen LogP contribution >= 0.6 is 0 Å². The topological polar surface area (TPSA) is 9.03 Å². The Bertz CT molecular complexity index is 1600. The maximum absolute atomic E-state index is 8.58. The second-order valence-corrected chi connectivity index (χ2v) is 18.4. The molecule has 186 valence electrons. The molecule has 1 aliphatic heterocycles. The third-order valence-corrected chi connectivity index (χ3v) is 16.8. The first kappa shape index (κ1) is 21.0. The lowest BCUT2D eigenvalue weighted by atomic mass is 9.90. The van der Waals surface area contributed by atoms with Crippen molar-refractivity contribution in [3.8, 4) is 0 Å². The molecule has 3 heteroatoms. The van der Waals surface area contributed by atoms with E-state index in [2.05, 4.69) is 109 Å². The van der Waals surface area contributed by atoms with Crippen LogP contribution in [0, 0.1) is 13.8 Å². The minimum absolute atomic E-state index is 0.0783. The van der Waals surface area contributed by atoms with Gasteiger partial charge in [0.2, 0.25) is 0 Å². The number of aromatic nitrogens is 2. The zero-order valence-electron chi connectivity index (χ0n) is 26.6. The summed E-state index contributed by atoms with van der Waals surface area (Å²) in [5.74, 6) is 0.315. The molecule has 0 bridgehead atoms. The fourth-order valence-electron chi connectivity index (χ4n) is 8.50. The molecule has 2 aromatic carbocycles. The average Bonchev–Trinajstić information content (AvgIpc) is 3.10. The van der Waals surface area contributed by atoms with Gasteiger partial charge in [0.05, 0.1) is 11.4 Å². The molecule has 1 aliphatic rings. The van der Waals surface area contributed by atoms with Crippen LogP contribution in [0.1, 0.15) is 108 Å². The zero-order chi connectivity index (χ0) is 28.3. The Morgan fingerprint density at radius 3 is 2.11 bits per heavy atom. The summed E-state index contributed by atoms with van der Waals surface area (Å²) >= 11 is 0. The molecule has 0 atom stereocenters. The third-order valence-electron chi connectivity index (χ3n) is 9.42. The van der Waals surface area contributed by atoms with Crippen molar-refractivity contribution in [2.75, 3.05) is 0 Å². The summed E-state index contributed by atoms with van der Waals surface area (Å²) in [4.78, 5) is 0. The number of nitrogens with zero attached hydrogens (tertiary/aromatic N) is 2. The van der Waals surface area contributed by atoms with Crippen molar-refractivity contribution < 1.29 is 8.51 Å². The highest BCUT2D eigenvalue weighted by Crippen LogP contribution is 2.51. The average molecular weight is 489 g/mol. The van der Waals surface area contributed by atoms with E-state index in [9.17, 15) is 0 Å². The fourth-order valence-corrected chi connectivity index (χ4v) is 16.4. The highest BCUT2D eigenvalue weighted by molar-refractivity contribution is 6.95. The maximum atomic E-state index is 8.58. The predicted molar refractivity (Wildman–Crippen MR) is 155 cm³/mol. The van der Waals surface area contributed by atoms with Crippen LogP contribution in [0.5, 0.6) is 0 Å². The number of benzene rings is 2. The van der Waals surface area contributed by atoms with Gasteiger partial charge in [-0.05, 0) is 53.9 Å². The Hall–Kier alpha value is -2.13. The summed E-state index contributed by atoms with van der Waals surface area (Å²) < 4.78 is 30.9.